The van der Waals surface area contributed by atoms with Crippen LogP contribution in [-0.2, 0) is 11.2 Å². The molecule has 3 rings (SSSR count). The van der Waals surface area contributed by atoms with E-state index < -0.39 is 17.8 Å². The van der Waals surface area contributed by atoms with Crippen LogP contribution >= 0.6 is 0 Å². The summed E-state index contributed by atoms with van der Waals surface area (Å²) in [4.78, 5) is 17.5. The number of carbonyl (C=O) groups excluding carboxylic acids is 1. The lowest BCUT2D eigenvalue weighted by molar-refractivity contribution is 0.0204. The van der Waals surface area contributed by atoms with Gasteiger partial charge in [-0.15, -0.1) is 0 Å². The van der Waals surface area contributed by atoms with Crippen molar-refractivity contribution in [3.63, 3.8) is 0 Å². The second kappa shape index (κ2) is 7.64. The summed E-state index contributed by atoms with van der Waals surface area (Å²) in [7, 11) is 1.65. The molecule has 1 aliphatic rings. The SMILES string of the molecule is COc1ccc(Cc2ccc([C@@H]3C[C@@H](O)CN3C(=O)OC(C)(C)C)[nH]2)cc1. The summed E-state index contributed by atoms with van der Waals surface area (Å²) in [5.41, 5.74) is 2.58. The minimum Gasteiger partial charge on any atom is -0.497 e. The highest BCUT2D eigenvalue weighted by molar-refractivity contribution is 5.69. The molecule has 1 aromatic carbocycles. The Balaban J connectivity index is 1.72. The number of likely N-dealkylation sites (tertiary alicyclic amines) is 1. The third kappa shape index (κ3) is 4.83. The first-order chi connectivity index (χ1) is 12.7. The zero-order valence-electron chi connectivity index (χ0n) is 16.4. The van der Waals surface area contributed by atoms with Crippen molar-refractivity contribution in [2.75, 3.05) is 13.7 Å². The van der Waals surface area contributed by atoms with E-state index in [2.05, 4.69) is 4.98 Å². The van der Waals surface area contributed by atoms with Gasteiger partial charge >= 0.3 is 6.09 Å². The zero-order valence-corrected chi connectivity index (χ0v) is 16.4. The fourth-order valence-electron chi connectivity index (χ4n) is 3.35. The first-order valence-electron chi connectivity index (χ1n) is 9.23. The van der Waals surface area contributed by atoms with Crippen LogP contribution in [0.25, 0.3) is 0 Å². The standard InChI is InChI=1S/C21H28N2O4/c1-21(2,3)27-20(25)23-13-16(24)12-19(23)18-10-7-15(22-18)11-14-5-8-17(26-4)9-6-14/h5-10,16,19,22,24H,11-13H2,1-4H3/t16-,19+/m1/s1. The number of nitrogens with zero attached hydrogens (tertiary/aromatic N) is 1. The number of hydrogen-bond acceptors (Lipinski definition) is 4. The van der Waals surface area contributed by atoms with Crippen molar-refractivity contribution < 1.29 is 19.4 Å². The molecule has 1 saturated heterocycles. The molecule has 2 N–H and O–H groups in total. The maximum absolute atomic E-state index is 12.5. The Morgan fingerprint density at radius 3 is 2.56 bits per heavy atom. The quantitative estimate of drug-likeness (QED) is 0.859. The molecule has 1 aliphatic heterocycles. The second-order valence-electron chi connectivity index (χ2n) is 8.00. The largest absolute Gasteiger partial charge is 0.497 e. The van der Waals surface area contributed by atoms with E-state index in [1.54, 1.807) is 12.0 Å². The summed E-state index contributed by atoms with van der Waals surface area (Å²) in [5.74, 6) is 0.832. The molecular formula is C21H28N2O4. The van der Waals surface area contributed by atoms with Crippen LogP contribution < -0.4 is 4.74 Å². The third-order valence-electron chi connectivity index (χ3n) is 4.59. The molecule has 0 aliphatic carbocycles. The molecule has 2 atom stereocenters. The molecule has 0 saturated carbocycles. The van der Waals surface area contributed by atoms with Crippen molar-refractivity contribution in [2.45, 2.75) is 51.4 Å². The van der Waals surface area contributed by atoms with E-state index in [0.717, 1.165) is 23.6 Å². The van der Waals surface area contributed by atoms with Crippen molar-refractivity contribution in [2.24, 2.45) is 0 Å². The topological polar surface area (TPSA) is 74.8 Å². The van der Waals surface area contributed by atoms with Gasteiger partial charge in [0.25, 0.3) is 0 Å². The molecule has 1 aromatic heterocycles. The number of aromatic nitrogens is 1. The molecule has 0 unspecified atom stereocenters. The summed E-state index contributed by atoms with van der Waals surface area (Å²) in [6.45, 7) is 5.81. The van der Waals surface area contributed by atoms with Crippen LogP contribution in [0.4, 0.5) is 4.79 Å². The number of ether oxygens (including phenoxy) is 2. The average molecular weight is 372 g/mol. The van der Waals surface area contributed by atoms with Gasteiger partial charge < -0.3 is 19.6 Å². The van der Waals surface area contributed by atoms with E-state index in [1.807, 2.05) is 57.2 Å². The molecular weight excluding hydrogens is 344 g/mol. The minimum atomic E-state index is -0.565. The Morgan fingerprint density at radius 1 is 1.22 bits per heavy atom. The fourth-order valence-corrected chi connectivity index (χ4v) is 3.35. The zero-order chi connectivity index (χ0) is 19.6. The maximum Gasteiger partial charge on any atom is 0.410 e. The summed E-state index contributed by atoms with van der Waals surface area (Å²) in [6, 6.07) is 11.8. The molecule has 6 heteroatoms. The molecule has 1 fully saturated rings. The summed E-state index contributed by atoms with van der Waals surface area (Å²) in [5, 5.41) is 10.1. The van der Waals surface area contributed by atoms with Crippen LogP contribution in [0.3, 0.4) is 0 Å². The second-order valence-corrected chi connectivity index (χ2v) is 8.00. The van der Waals surface area contributed by atoms with E-state index >= 15 is 0 Å². The Kier molecular flexibility index (Phi) is 5.46. The number of aliphatic hydroxyl groups is 1. The highest BCUT2D eigenvalue weighted by Gasteiger charge is 2.38. The molecule has 0 spiro atoms. The van der Waals surface area contributed by atoms with Gasteiger partial charge in [0, 0.05) is 24.2 Å². The van der Waals surface area contributed by atoms with Gasteiger partial charge in [-0.2, -0.15) is 0 Å². The monoisotopic (exact) mass is 372 g/mol. The molecule has 1 amide bonds. The van der Waals surface area contributed by atoms with E-state index in [9.17, 15) is 9.90 Å². The number of nitrogens with one attached hydrogen (secondary N) is 1. The van der Waals surface area contributed by atoms with E-state index in [0.29, 0.717) is 6.42 Å². The number of methoxy groups -OCH3 is 1. The average Bonchev–Trinajstić information content (AvgIpc) is 3.20. The first kappa shape index (κ1) is 19.3. The van der Waals surface area contributed by atoms with E-state index in [4.69, 9.17) is 9.47 Å². The van der Waals surface area contributed by atoms with Crippen LogP contribution in [0.1, 0.15) is 50.2 Å². The van der Waals surface area contributed by atoms with Crippen molar-refractivity contribution in [1.29, 1.82) is 0 Å². The molecule has 6 nitrogen and oxygen atoms in total. The summed E-state index contributed by atoms with van der Waals surface area (Å²) < 4.78 is 10.7. The molecule has 27 heavy (non-hydrogen) atoms. The number of benzene rings is 1. The number of aliphatic hydroxyl groups excluding tert-OH is 1. The fraction of sp³-hybridized carbons (Fsp3) is 0.476. The highest BCUT2D eigenvalue weighted by Crippen LogP contribution is 2.33. The normalized spacial score (nSPS) is 20.0. The van der Waals surface area contributed by atoms with Gasteiger partial charge in [-0.05, 0) is 50.6 Å². The number of amides is 1. The predicted molar refractivity (Wildman–Crippen MR) is 103 cm³/mol. The lowest BCUT2D eigenvalue weighted by Crippen LogP contribution is -2.37. The van der Waals surface area contributed by atoms with Crippen molar-refractivity contribution >= 4 is 6.09 Å². The van der Waals surface area contributed by atoms with Crippen LogP contribution in [0.2, 0.25) is 0 Å². The predicted octanol–water partition coefficient (Wildman–Crippen LogP) is 3.66. The van der Waals surface area contributed by atoms with Crippen molar-refractivity contribution in [3.05, 3.63) is 53.3 Å². The molecule has 146 valence electrons. The van der Waals surface area contributed by atoms with Crippen molar-refractivity contribution in [1.82, 2.24) is 9.88 Å². The van der Waals surface area contributed by atoms with Crippen LogP contribution in [0, 0.1) is 0 Å². The number of carbonyl (C=O) groups is 1. The number of β-amino-alcohol motifs (C(OH)–C–C–N with tert-alkyl or cyclic N) is 1. The van der Waals surface area contributed by atoms with Crippen molar-refractivity contribution in [3.8, 4) is 5.75 Å². The lowest BCUT2D eigenvalue weighted by atomic mass is 10.1. The maximum atomic E-state index is 12.5. The Hall–Kier alpha value is -2.47. The third-order valence-corrected chi connectivity index (χ3v) is 4.59. The Labute approximate surface area is 160 Å². The molecule has 2 aromatic rings. The first-order valence-corrected chi connectivity index (χ1v) is 9.23. The van der Waals surface area contributed by atoms with Gasteiger partial charge in [-0.25, -0.2) is 4.79 Å². The number of rotatable bonds is 4. The number of hydrogen-bond donors (Lipinski definition) is 2. The van der Waals surface area contributed by atoms with Gasteiger partial charge in [-0.3, -0.25) is 4.90 Å². The van der Waals surface area contributed by atoms with Crippen LogP contribution in [-0.4, -0.2) is 46.4 Å². The molecule has 2 heterocycles. The highest BCUT2D eigenvalue weighted by atomic mass is 16.6. The Morgan fingerprint density at radius 2 is 1.93 bits per heavy atom. The van der Waals surface area contributed by atoms with Gasteiger partial charge in [0.05, 0.1) is 25.8 Å². The summed E-state index contributed by atoms with van der Waals surface area (Å²) in [6.07, 6.45) is 0.319. The van der Waals surface area contributed by atoms with E-state index in [-0.39, 0.29) is 12.6 Å². The van der Waals surface area contributed by atoms with Gasteiger partial charge in [0.1, 0.15) is 11.4 Å². The van der Waals surface area contributed by atoms with Gasteiger partial charge in [0.15, 0.2) is 0 Å². The van der Waals surface area contributed by atoms with Crippen LogP contribution in [0.5, 0.6) is 5.75 Å². The van der Waals surface area contributed by atoms with Gasteiger partial charge in [-0.1, -0.05) is 12.1 Å². The van der Waals surface area contributed by atoms with E-state index in [1.165, 1.54) is 5.56 Å². The smallest absolute Gasteiger partial charge is 0.410 e. The molecule has 0 bridgehead atoms. The minimum absolute atomic E-state index is 0.209. The summed E-state index contributed by atoms with van der Waals surface area (Å²) >= 11 is 0. The van der Waals surface area contributed by atoms with Crippen LogP contribution in [0.15, 0.2) is 36.4 Å². The molecule has 0 radical (unpaired) electrons. The number of H-pyrrole nitrogens is 1. The number of aromatic amines is 1. The lowest BCUT2D eigenvalue weighted by Gasteiger charge is -2.28. The van der Waals surface area contributed by atoms with Gasteiger partial charge in [0.2, 0.25) is 0 Å². The Bertz CT molecular complexity index is 776.